The Morgan fingerprint density at radius 1 is 1.33 bits per heavy atom. The average Bonchev–Trinajstić information content (AvgIpc) is 2.40. The fourth-order valence-corrected chi connectivity index (χ4v) is 5.15. The Balaban J connectivity index is 2.01. The number of hydrogen-bond donors (Lipinski definition) is 0. The van der Waals surface area contributed by atoms with Crippen LogP contribution in [0, 0.1) is 35.0 Å². The van der Waals surface area contributed by atoms with Gasteiger partial charge in [0.1, 0.15) is 0 Å². The van der Waals surface area contributed by atoms with Crippen molar-refractivity contribution in [1.82, 2.24) is 0 Å². The van der Waals surface area contributed by atoms with Crippen LogP contribution in [0.15, 0.2) is 23.3 Å². The quantitative estimate of drug-likeness (QED) is 0.638. The highest BCUT2D eigenvalue weighted by Crippen LogP contribution is 2.60. The molecule has 0 bridgehead atoms. The van der Waals surface area contributed by atoms with Crippen LogP contribution in [-0.4, -0.2) is 5.78 Å². The van der Waals surface area contributed by atoms with Gasteiger partial charge in [-0.1, -0.05) is 33.3 Å². The maximum Gasteiger partial charge on any atom is 0.160 e. The molecule has 3 aliphatic rings. The van der Waals surface area contributed by atoms with Gasteiger partial charge in [0.15, 0.2) is 5.78 Å². The molecule has 0 amide bonds. The predicted molar refractivity (Wildman–Crippen MR) is 86.6 cm³/mol. The molecular weight excluding hydrogens is 256 g/mol. The van der Waals surface area contributed by atoms with Gasteiger partial charge in [-0.2, -0.15) is 0 Å². The minimum Gasteiger partial charge on any atom is -0.294 e. The lowest BCUT2D eigenvalue weighted by atomic mass is 9.49. The molecule has 1 saturated carbocycles. The van der Waals surface area contributed by atoms with E-state index in [4.69, 9.17) is 6.42 Å². The molecule has 0 radical (unpaired) electrons. The van der Waals surface area contributed by atoms with Gasteiger partial charge in [0.2, 0.25) is 0 Å². The summed E-state index contributed by atoms with van der Waals surface area (Å²) in [5.41, 5.74) is 3.30. The Morgan fingerprint density at radius 2 is 2.10 bits per heavy atom. The molecule has 3 rings (SSSR count). The van der Waals surface area contributed by atoms with Gasteiger partial charge in [-0.3, -0.25) is 4.79 Å². The molecule has 0 aliphatic heterocycles. The Morgan fingerprint density at radius 3 is 2.81 bits per heavy atom. The van der Waals surface area contributed by atoms with E-state index < -0.39 is 0 Å². The summed E-state index contributed by atoms with van der Waals surface area (Å²) >= 11 is 0. The van der Waals surface area contributed by atoms with Gasteiger partial charge in [-0.25, -0.2) is 0 Å². The molecular formula is C20H26O. The van der Waals surface area contributed by atoms with Crippen LogP contribution in [0.25, 0.3) is 0 Å². The van der Waals surface area contributed by atoms with Crippen molar-refractivity contribution in [3.8, 4) is 12.3 Å². The first-order valence-electron chi connectivity index (χ1n) is 8.27. The highest BCUT2D eigenvalue weighted by atomic mass is 16.1. The SMILES string of the molecule is C#CC[C@H]1CC2=CC[C@@H]3C(C)(C)CCC[C@@]3(C)C2=CC1=O. The molecule has 3 aliphatic carbocycles. The van der Waals surface area contributed by atoms with Gasteiger partial charge in [0.25, 0.3) is 0 Å². The van der Waals surface area contributed by atoms with Gasteiger partial charge in [0, 0.05) is 12.3 Å². The summed E-state index contributed by atoms with van der Waals surface area (Å²) in [6.07, 6.45) is 16.2. The van der Waals surface area contributed by atoms with E-state index >= 15 is 0 Å². The molecule has 0 aromatic carbocycles. The van der Waals surface area contributed by atoms with Crippen molar-refractivity contribution in [1.29, 1.82) is 0 Å². The molecule has 0 saturated heterocycles. The monoisotopic (exact) mass is 282 g/mol. The maximum atomic E-state index is 12.4. The first kappa shape index (κ1) is 14.6. The molecule has 0 spiro atoms. The van der Waals surface area contributed by atoms with E-state index in [0.717, 1.165) is 12.8 Å². The summed E-state index contributed by atoms with van der Waals surface area (Å²) in [5.74, 6) is 3.59. The number of hydrogen-bond acceptors (Lipinski definition) is 1. The minimum atomic E-state index is 0.0155. The predicted octanol–water partition coefficient (Wildman–Crippen LogP) is 4.69. The van der Waals surface area contributed by atoms with Gasteiger partial charge >= 0.3 is 0 Å². The van der Waals surface area contributed by atoms with Crippen molar-refractivity contribution in [3.05, 3.63) is 23.3 Å². The number of carbonyl (C=O) groups is 1. The summed E-state index contributed by atoms with van der Waals surface area (Å²) in [7, 11) is 0. The third-order valence-electron chi connectivity index (χ3n) is 6.31. The second kappa shape index (κ2) is 4.87. The Kier molecular flexibility index (Phi) is 3.40. The van der Waals surface area contributed by atoms with Crippen LogP contribution in [-0.2, 0) is 4.79 Å². The van der Waals surface area contributed by atoms with E-state index in [1.54, 1.807) is 0 Å². The van der Waals surface area contributed by atoms with Crippen molar-refractivity contribution in [2.45, 2.75) is 59.3 Å². The molecule has 112 valence electrons. The lowest BCUT2D eigenvalue weighted by molar-refractivity contribution is -0.118. The van der Waals surface area contributed by atoms with Gasteiger partial charge in [0.05, 0.1) is 0 Å². The Bertz CT molecular complexity index is 569. The number of rotatable bonds is 1. The lowest BCUT2D eigenvalue weighted by Crippen LogP contribution is -2.46. The number of allylic oxidation sites excluding steroid dienone is 4. The third kappa shape index (κ3) is 2.20. The minimum absolute atomic E-state index is 0.0155. The zero-order valence-electron chi connectivity index (χ0n) is 13.5. The topological polar surface area (TPSA) is 17.1 Å². The first-order valence-corrected chi connectivity index (χ1v) is 8.27. The van der Waals surface area contributed by atoms with Crippen molar-refractivity contribution in [2.75, 3.05) is 0 Å². The zero-order valence-corrected chi connectivity index (χ0v) is 13.5. The molecule has 0 heterocycles. The van der Waals surface area contributed by atoms with Crippen LogP contribution in [0.5, 0.6) is 0 Å². The molecule has 1 heteroatoms. The van der Waals surface area contributed by atoms with Crippen LogP contribution >= 0.6 is 0 Å². The smallest absolute Gasteiger partial charge is 0.160 e. The number of fused-ring (bicyclic) bond motifs is 3. The van der Waals surface area contributed by atoms with Gasteiger partial charge < -0.3 is 0 Å². The molecule has 1 fully saturated rings. The molecule has 0 unspecified atom stereocenters. The van der Waals surface area contributed by atoms with Crippen molar-refractivity contribution in [2.24, 2.45) is 22.7 Å². The molecule has 1 nitrogen and oxygen atoms in total. The highest BCUT2D eigenvalue weighted by Gasteiger charge is 2.51. The Labute approximate surface area is 128 Å². The number of terminal acetylenes is 1. The van der Waals surface area contributed by atoms with Crippen LogP contribution in [0.2, 0.25) is 0 Å². The fraction of sp³-hybridized carbons (Fsp3) is 0.650. The first-order chi connectivity index (χ1) is 9.88. The van der Waals surface area contributed by atoms with E-state index in [0.29, 0.717) is 17.8 Å². The summed E-state index contributed by atoms with van der Waals surface area (Å²) in [6.45, 7) is 7.20. The number of carbonyl (C=O) groups excluding carboxylic acids is 1. The molecule has 0 aromatic heterocycles. The third-order valence-corrected chi connectivity index (χ3v) is 6.31. The summed E-state index contributed by atoms with van der Waals surface area (Å²) in [5, 5.41) is 0. The maximum absolute atomic E-state index is 12.4. The van der Waals surface area contributed by atoms with Crippen LogP contribution in [0.4, 0.5) is 0 Å². The number of ketones is 1. The van der Waals surface area contributed by atoms with E-state index in [2.05, 4.69) is 32.8 Å². The van der Waals surface area contributed by atoms with E-state index in [1.807, 2.05) is 6.08 Å². The van der Waals surface area contributed by atoms with Crippen LogP contribution in [0.3, 0.4) is 0 Å². The van der Waals surface area contributed by atoms with Crippen molar-refractivity contribution < 1.29 is 4.79 Å². The van der Waals surface area contributed by atoms with Crippen molar-refractivity contribution in [3.63, 3.8) is 0 Å². The molecule has 0 aromatic rings. The summed E-state index contributed by atoms with van der Waals surface area (Å²) in [6, 6.07) is 0. The van der Waals surface area contributed by atoms with E-state index in [-0.39, 0.29) is 17.1 Å². The van der Waals surface area contributed by atoms with Crippen LogP contribution < -0.4 is 0 Å². The normalized spacial score (nSPS) is 37.7. The second-order valence-corrected chi connectivity index (χ2v) is 8.05. The fourth-order valence-electron chi connectivity index (χ4n) is 5.15. The van der Waals surface area contributed by atoms with E-state index in [9.17, 15) is 4.79 Å². The summed E-state index contributed by atoms with van der Waals surface area (Å²) < 4.78 is 0. The average molecular weight is 282 g/mol. The van der Waals surface area contributed by atoms with Crippen LogP contribution in [0.1, 0.15) is 59.3 Å². The Hall–Kier alpha value is -1.29. The van der Waals surface area contributed by atoms with Gasteiger partial charge in [-0.15, -0.1) is 12.3 Å². The summed E-state index contributed by atoms with van der Waals surface area (Å²) in [4.78, 5) is 12.4. The highest BCUT2D eigenvalue weighted by molar-refractivity contribution is 5.95. The zero-order chi connectivity index (χ0) is 15.3. The molecule has 21 heavy (non-hydrogen) atoms. The molecule has 3 atom stereocenters. The largest absolute Gasteiger partial charge is 0.294 e. The second-order valence-electron chi connectivity index (χ2n) is 8.05. The van der Waals surface area contributed by atoms with Gasteiger partial charge in [-0.05, 0) is 59.7 Å². The lowest BCUT2D eigenvalue weighted by Gasteiger charge is -2.55. The standard InChI is InChI=1S/C20H26O/c1-5-7-15-12-14-8-9-18-19(2,3)10-6-11-20(18,4)16(14)13-17(15)21/h1,8,13,15,18H,6-7,9-12H2,2-4H3/t15-,18+,20-/m0/s1. The molecule has 0 N–H and O–H groups in total. The van der Waals surface area contributed by atoms with E-state index in [1.165, 1.54) is 30.4 Å². The van der Waals surface area contributed by atoms with Crippen molar-refractivity contribution >= 4 is 5.78 Å².